The van der Waals surface area contributed by atoms with Gasteiger partial charge in [0.2, 0.25) is 5.95 Å². The SMILES string of the molecule is Cn1cc(CN2CCC3CCN(c4ncccn4)CC32)c(C(F)F)n1. The van der Waals surface area contributed by atoms with E-state index in [1.54, 1.807) is 25.6 Å². The van der Waals surface area contributed by atoms with Gasteiger partial charge in [-0.3, -0.25) is 9.58 Å². The standard InChI is InChI=1S/C17H22F2N6/c1-23-9-13(15(22-23)16(18)19)10-24-7-3-12-4-8-25(11-14(12)24)17-20-5-2-6-21-17/h2,5-6,9,12,14,16H,3-4,7-8,10-11H2,1H3. The summed E-state index contributed by atoms with van der Waals surface area (Å²) in [6, 6.07) is 2.16. The molecule has 6 nitrogen and oxygen atoms in total. The summed E-state index contributed by atoms with van der Waals surface area (Å²) < 4.78 is 27.9. The minimum atomic E-state index is -2.53. The third-order valence-electron chi connectivity index (χ3n) is 5.33. The van der Waals surface area contributed by atoms with Gasteiger partial charge in [0.15, 0.2) is 0 Å². The molecular weight excluding hydrogens is 326 g/mol. The van der Waals surface area contributed by atoms with E-state index in [0.717, 1.165) is 38.4 Å². The Labute approximate surface area is 145 Å². The average Bonchev–Trinajstić information content (AvgIpc) is 3.19. The molecule has 2 fully saturated rings. The number of piperidine rings is 1. The van der Waals surface area contributed by atoms with Crippen LogP contribution in [0.2, 0.25) is 0 Å². The first-order valence-electron chi connectivity index (χ1n) is 8.68. The predicted octanol–water partition coefficient (Wildman–Crippen LogP) is 2.25. The van der Waals surface area contributed by atoms with Gasteiger partial charge in [0, 0.05) is 56.9 Å². The van der Waals surface area contributed by atoms with Crippen molar-refractivity contribution in [2.24, 2.45) is 13.0 Å². The molecule has 4 heterocycles. The first-order chi connectivity index (χ1) is 12.1. The van der Waals surface area contributed by atoms with Gasteiger partial charge in [-0.05, 0) is 31.4 Å². The second-order valence-electron chi connectivity index (χ2n) is 6.88. The van der Waals surface area contributed by atoms with Crippen molar-refractivity contribution in [3.05, 3.63) is 35.9 Å². The Morgan fingerprint density at radius 2 is 1.96 bits per heavy atom. The van der Waals surface area contributed by atoms with Gasteiger partial charge in [0.1, 0.15) is 5.69 Å². The summed E-state index contributed by atoms with van der Waals surface area (Å²) in [5.74, 6) is 1.37. The quantitative estimate of drug-likeness (QED) is 0.848. The molecule has 0 amide bonds. The van der Waals surface area contributed by atoms with Gasteiger partial charge >= 0.3 is 0 Å². The summed E-state index contributed by atoms with van der Waals surface area (Å²) in [5.41, 5.74) is 0.538. The van der Waals surface area contributed by atoms with Crippen LogP contribution in [-0.2, 0) is 13.6 Å². The molecule has 25 heavy (non-hydrogen) atoms. The van der Waals surface area contributed by atoms with Crippen LogP contribution in [0.15, 0.2) is 24.7 Å². The van der Waals surface area contributed by atoms with Crippen molar-refractivity contribution in [3.8, 4) is 0 Å². The van der Waals surface area contributed by atoms with Crippen molar-refractivity contribution in [3.63, 3.8) is 0 Å². The second kappa shape index (κ2) is 6.67. The van der Waals surface area contributed by atoms with Crippen LogP contribution in [0.1, 0.15) is 30.5 Å². The molecule has 2 atom stereocenters. The highest BCUT2D eigenvalue weighted by molar-refractivity contribution is 5.30. The summed E-state index contributed by atoms with van der Waals surface area (Å²) in [6.07, 6.45) is 4.91. The molecule has 0 aliphatic carbocycles. The lowest BCUT2D eigenvalue weighted by Gasteiger charge is -2.38. The molecule has 0 radical (unpaired) electrons. The van der Waals surface area contributed by atoms with E-state index < -0.39 is 6.43 Å². The topological polar surface area (TPSA) is 50.1 Å². The summed E-state index contributed by atoms with van der Waals surface area (Å²) in [4.78, 5) is 13.2. The predicted molar refractivity (Wildman–Crippen MR) is 89.3 cm³/mol. The van der Waals surface area contributed by atoms with Crippen molar-refractivity contribution >= 4 is 5.95 Å². The van der Waals surface area contributed by atoms with Crippen LogP contribution >= 0.6 is 0 Å². The molecular formula is C17H22F2N6. The lowest BCUT2D eigenvalue weighted by Crippen LogP contribution is -2.48. The molecule has 2 aliphatic heterocycles. The number of hydrogen-bond acceptors (Lipinski definition) is 5. The molecule has 8 heteroatoms. The van der Waals surface area contributed by atoms with Crippen LogP contribution in [0.4, 0.5) is 14.7 Å². The highest BCUT2D eigenvalue weighted by Gasteiger charge is 2.39. The Morgan fingerprint density at radius 3 is 2.72 bits per heavy atom. The Hall–Kier alpha value is -2.09. The van der Waals surface area contributed by atoms with Gasteiger partial charge in [-0.2, -0.15) is 5.10 Å². The van der Waals surface area contributed by atoms with Crippen molar-refractivity contribution in [2.75, 3.05) is 24.5 Å². The van der Waals surface area contributed by atoms with E-state index in [-0.39, 0.29) is 5.69 Å². The maximum atomic E-state index is 13.2. The van der Waals surface area contributed by atoms with E-state index in [0.29, 0.717) is 24.1 Å². The van der Waals surface area contributed by atoms with E-state index in [1.165, 1.54) is 4.68 Å². The lowest BCUT2D eigenvalue weighted by atomic mass is 9.92. The molecule has 2 aromatic rings. The van der Waals surface area contributed by atoms with E-state index in [9.17, 15) is 8.78 Å². The van der Waals surface area contributed by atoms with Crippen LogP contribution in [0.3, 0.4) is 0 Å². The maximum absolute atomic E-state index is 13.2. The molecule has 0 spiro atoms. The summed E-state index contributed by atoms with van der Waals surface area (Å²) in [5, 5.41) is 3.93. The van der Waals surface area contributed by atoms with E-state index in [4.69, 9.17) is 0 Å². The zero-order valence-corrected chi connectivity index (χ0v) is 14.2. The van der Waals surface area contributed by atoms with Gasteiger partial charge in [-0.15, -0.1) is 0 Å². The summed E-state index contributed by atoms with van der Waals surface area (Å²) in [7, 11) is 1.69. The number of anilines is 1. The first-order valence-corrected chi connectivity index (χ1v) is 8.68. The minimum Gasteiger partial charge on any atom is -0.339 e. The Kier molecular flexibility index (Phi) is 4.37. The number of likely N-dealkylation sites (tertiary alicyclic amines) is 1. The Bertz CT molecular complexity index is 719. The van der Waals surface area contributed by atoms with Crippen LogP contribution in [0.5, 0.6) is 0 Å². The smallest absolute Gasteiger partial charge is 0.282 e. The van der Waals surface area contributed by atoms with Crippen molar-refractivity contribution in [1.82, 2.24) is 24.6 Å². The molecule has 0 saturated carbocycles. The molecule has 2 aliphatic rings. The molecule has 0 aromatic carbocycles. The molecule has 2 aromatic heterocycles. The van der Waals surface area contributed by atoms with Gasteiger partial charge in [0.05, 0.1) is 0 Å². The maximum Gasteiger partial charge on any atom is 0.282 e. The van der Waals surface area contributed by atoms with Gasteiger partial charge < -0.3 is 4.90 Å². The van der Waals surface area contributed by atoms with Gasteiger partial charge in [0.25, 0.3) is 6.43 Å². The molecule has 0 bridgehead atoms. The number of aromatic nitrogens is 4. The fourth-order valence-electron chi connectivity index (χ4n) is 4.14. The Morgan fingerprint density at radius 1 is 1.20 bits per heavy atom. The third kappa shape index (κ3) is 3.22. The zero-order valence-electron chi connectivity index (χ0n) is 14.2. The molecule has 2 saturated heterocycles. The van der Waals surface area contributed by atoms with Crippen LogP contribution in [-0.4, -0.2) is 50.3 Å². The summed E-state index contributed by atoms with van der Waals surface area (Å²) >= 11 is 0. The number of aryl methyl sites for hydroxylation is 1. The largest absolute Gasteiger partial charge is 0.339 e. The van der Waals surface area contributed by atoms with Crippen molar-refractivity contribution in [2.45, 2.75) is 31.9 Å². The van der Waals surface area contributed by atoms with Crippen LogP contribution in [0, 0.1) is 5.92 Å². The van der Waals surface area contributed by atoms with E-state index >= 15 is 0 Å². The average molecular weight is 348 g/mol. The van der Waals surface area contributed by atoms with Gasteiger partial charge in [-0.1, -0.05) is 0 Å². The zero-order chi connectivity index (χ0) is 17.4. The number of alkyl halides is 2. The van der Waals surface area contributed by atoms with Crippen LogP contribution in [0.25, 0.3) is 0 Å². The van der Waals surface area contributed by atoms with E-state index in [2.05, 4.69) is 24.9 Å². The molecule has 134 valence electrons. The highest BCUT2D eigenvalue weighted by Crippen LogP contribution is 2.34. The normalized spacial score (nSPS) is 24.1. The minimum absolute atomic E-state index is 0.0926. The summed E-state index contributed by atoms with van der Waals surface area (Å²) in [6.45, 7) is 3.27. The van der Waals surface area contributed by atoms with Crippen LogP contribution < -0.4 is 4.90 Å². The number of hydrogen-bond donors (Lipinski definition) is 0. The molecule has 4 rings (SSSR count). The second-order valence-corrected chi connectivity index (χ2v) is 6.88. The van der Waals surface area contributed by atoms with Crippen molar-refractivity contribution < 1.29 is 8.78 Å². The number of rotatable bonds is 4. The number of fused-ring (bicyclic) bond motifs is 1. The fraction of sp³-hybridized carbons (Fsp3) is 0.588. The number of halogens is 2. The first kappa shape index (κ1) is 16.4. The van der Waals surface area contributed by atoms with E-state index in [1.807, 2.05) is 6.07 Å². The van der Waals surface area contributed by atoms with Crippen molar-refractivity contribution in [1.29, 1.82) is 0 Å². The Balaban J connectivity index is 1.50. The molecule has 0 N–H and O–H groups in total. The van der Waals surface area contributed by atoms with Gasteiger partial charge in [-0.25, -0.2) is 18.7 Å². The molecule has 2 unspecified atom stereocenters. The monoisotopic (exact) mass is 348 g/mol. The fourth-order valence-corrected chi connectivity index (χ4v) is 4.14. The number of nitrogens with zero attached hydrogens (tertiary/aromatic N) is 6. The highest BCUT2D eigenvalue weighted by atomic mass is 19.3. The third-order valence-corrected chi connectivity index (χ3v) is 5.33. The lowest BCUT2D eigenvalue weighted by molar-refractivity contribution is 0.140.